The zero-order chi connectivity index (χ0) is 52.0. The average Bonchev–Trinajstić information content (AvgIpc) is 3.34. The molecule has 0 bridgehead atoms. The van der Waals surface area contributed by atoms with Crippen molar-refractivity contribution in [1.82, 2.24) is 0 Å². The van der Waals surface area contributed by atoms with Crippen molar-refractivity contribution < 1.29 is 42.9 Å². The summed E-state index contributed by atoms with van der Waals surface area (Å²) in [6.07, 6.45) is 67.6. The lowest BCUT2D eigenvalue weighted by atomic mass is 10.1. The van der Waals surface area contributed by atoms with E-state index in [1.54, 1.807) is 0 Å². The first-order valence-electron chi connectivity index (χ1n) is 28.4. The number of carboxylic acid groups (broad SMARTS) is 1. The van der Waals surface area contributed by atoms with Crippen molar-refractivity contribution in [3.63, 3.8) is 0 Å². The van der Waals surface area contributed by atoms with Crippen LogP contribution in [-0.4, -0.2) is 87.4 Å². The van der Waals surface area contributed by atoms with Crippen LogP contribution >= 0.6 is 0 Å². The van der Waals surface area contributed by atoms with E-state index in [0.29, 0.717) is 17.4 Å². The minimum Gasteiger partial charge on any atom is -0.477 e. The van der Waals surface area contributed by atoms with E-state index in [4.69, 9.17) is 18.9 Å². The lowest BCUT2D eigenvalue weighted by molar-refractivity contribution is -0.870. The monoisotopic (exact) mass is 993 g/mol. The fourth-order valence-electron chi connectivity index (χ4n) is 7.46. The Morgan fingerprint density at radius 3 is 1.20 bits per heavy atom. The molecule has 0 aliphatic heterocycles. The lowest BCUT2D eigenvalue weighted by Crippen LogP contribution is -2.40. The molecule has 0 saturated heterocycles. The minimum absolute atomic E-state index is 0.178. The van der Waals surface area contributed by atoms with Gasteiger partial charge in [0.25, 0.3) is 6.29 Å². The van der Waals surface area contributed by atoms with E-state index >= 15 is 0 Å². The number of ether oxygens (including phenoxy) is 4. The normalized spacial score (nSPS) is 13.5. The van der Waals surface area contributed by atoms with Crippen molar-refractivity contribution in [3.05, 3.63) is 97.2 Å². The van der Waals surface area contributed by atoms with Crippen molar-refractivity contribution in [2.45, 2.75) is 232 Å². The molecule has 0 amide bonds. The number of nitrogens with zero attached hydrogens (tertiary/aromatic N) is 1. The average molecular weight is 994 g/mol. The highest BCUT2D eigenvalue weighted by Gasteiger charge is 2.25. The van der Waals surface area contributed by atoms with Gasteiger partial charge in [-0.05, 0) is 96.3 Å². The van der Waals surface area contributed by atoms with E-state index < -0.39 is 24.3 Å². The Labute approximate surface area is 435 Å². The summed E-state index contributed by atoms with van der Waals surface area (Å²) in [6.45, 7) is 4.72. The van der Waals surface area contributed by atoms with Crippen LogP contribution in [0.5, 0.6) is 0 Å². The van der Waals surface area contributed by atoms with Crippen LogP contribution in [0.1, 0.15) is 219 Å². The predicted molar refractivity (Wildman–Crippen MR) is 299 cm³/mol. The summed E-state index contributed by atoms with van der Waals surface area (Å²) in [5.41, 5.74) is 0. The zero-order valence-corrected chi connectivity index (χ0v) is 46.1. The quantitative estimate of drug-likeness (QED) is 0.0211. The second-order valence-corrected chi connectivity index (χ2v) is 19.9. The molecule has 0 rings (SSSR count). The van der Waals surface area contributed by atoms with Gasteiger partial charge < -0.3 is 28.5 Å². The maximum Gasteiger partial charge on any atom is 0.361 e. The van der Waals surface area contributed by atoms with E-state index in [1.165, 1.54) is 89.9 Å². The Kier molecular flexibility index (Phi) is 49.7. The molecule has 0 aromatic rings. The number of unbranched alkanes of at least 4 members (excludes halogenated alkanes) is 20. The third-order valence-electron chi connectivity index (χ3n) is 11.8. The van der Waals surface area contributed by atoms with Gasteiger partial charge >= 0.3 is 17.9 Å². The molecule has 0 radical (unpaired) electrons. The summed E-state index contributed by atoms with van der Waals surface area (Å²) in [5.74, 6) is -2.04. The lowest BCUT2D eigenvalue weighted by Gasteiger charge is -2.25. The van der Waals surface area contributed by atoms with Gasteiger partial charge in [-0.2, -0.15) is 0 Å². The Morgan fingerprint density at radius 2 is 0.803 bits per heavy atom. The Balaban J connectivity index is 4.33. The van der Waals surface area contributed by atoms with Gasteiger partial charge in [0.15, 0.2) is 6.10 Å². The van der Waals surface area contributed by atoms with Crippen LogP contribution < -0.4 is 0 Å². The van der Waals surface area contributed by atoms with Gasteiger partial charge in [0.05, 0.1) is 34.4 Å². The van der Waals surface area contributed by atoms with Gasteiger partial charge in [0, 0.05) is 12.8 Å². The molecule has 0 aromatic heterocycles. The van der Waals surface area contributed by atoms with Crippen LogP contribution in [0.3, 0.4) is 0 Å². The molecule has 0 aromatic carbocycles. The topological polar surface area (TPSA) is 108 Å². The van der Waals surface area contributed by atoms with E-state index in [0.717, 1.165) is 96.3 Å². The molecule has 0 fully saturated rings. The summed E-state index contributed by atoms with van der Waals surface area (Å²) in [7, 11) is 5.95. The highest BCUT2D eigenvalue weighted by molar-refractivity contribution is 5.71. The summed E-state index contributed by atoms with van der Waals surface area (Å²) in [5, 5.41) is 9.70. The van der Waals surface area contributed by atoms with E-state index in [2.05, 4.69) is 111 Å². The fraction of sp³-hybridized carbons (Fsp3) is 0.694. The molecule has 0 aliphatic carbocycles. The van der Waals surface area contributed by atoms with E-state index in [9.17, 15) is 19.5 Å². The molecule has 2 unspecified atom stereocenters. The van der Waals surface area contributed by atoms with Crippen LogP contribution in [0.15, 0.2) is 97.2 Å². The minimum atomic E-state index is -1.52. The fourth-order valence-corrected chi connectivity index (χ4v) is 7.46. The first-order chi connectivity index (χ1) is 34.6. The first-order valence-corrected chi connectivity index (χ1v) is 28.4. The maximum absolute atomic E-state index is 12.9. The summed E-state index contributed by atoms with van der Waals surface area (Å²) in [6, 6.07) is 0. The number of esters is 2. The summed E-state index contributed by atoms with van der Waals surface area (Å²) < 4.78 is 22.8. The third kappa shape index (κ3) is 53.8. The summed E-state index contributed by atoms with van der Waals surface area (Å²) >= 11 is 0. The van der Waals surface area contributed by atoms with Crippen LogP contribution in [0.25, 0.3) is 0 Å². The van der Waals surface area contributed by atoms with Crippen molar-refractivity contribution >= 4 is 17.9 Å². The number of carbonyl (C=O) groups is 3. The van der Waals surface area contributed by atoms with Gasteiger partial charge in [-0.15, -0.1) is 0 Å². The van der Waals surface area contributed by atoms with Crippen LogP contribution in [0.2, 0.25) is 0 Å². The van der Waals surface area contributed by atoms with Gasteiger partial charge in [0.1, 0.15) is 13.2 Å². The number of allylic oxidation sites excluding steroid dienone is 16. The molecule has 9 heteroatoms. The Bertz CT molecular complexity index is 1480. The number of quaternary nitrogens is 1. The molecule has 9 nitrogen and oxygen atoms in total. The molecule has 0 spiro atoms. The molecule has 0 aliphatic rings. The number of hydrogen-bond donors (Lipinski definition) is 1. The second-order valence-electron chi connectivity index (χ2n) is 19.9. The van der Waals surface area contributed by atoms with Gasteiger partial charge in [-0.1, -0.05) is 207 Å². The number of hydrogen-bond acceptors (Lipinski definition) is 7. The van der Waals surface area contributed by atoms with Crippen molar-refractivity contribution in [2.75, 3.05) is 47.5 Å². The molecule has 406 valence electrons. The molecule has 2 atom stereocenters. The van der Waals surface area contributed by atoms with Gasteiger partial charge in [-0.3, -0.25) is 9.59 Å². The van der Waals surface area contributed by atoms with Crippen LogP contribution in [-0.2, 0) is 33.3 Å². The number of carbonyl (C=O) groups excluding carboxylic acids is 2. The Hall–Kier alpha value is -3.79. The molecule has 0 heterocycles. The molecule has 0 saturated carbocycles. The van der Waals surface area contributed by atoms with Crippen molar-refractivity contribution in [1.29, 1.82) is 0 Å². The molecule has 1 N–H and O–H groups in total. The van der Waals surface area contributed by atoms with Crippen molar-refractivity contribution in [2.24, 2.45) is 0 Å². The zero-order valence-electron chi connectivity index (χ0n) is 46.1. The molecular formula is C62H106NO8+. The Morgan fingerprint density at radius 1 is 0.437 bits per heavy atom. The molecular weight excluding hydrogens is 887 g/mol. The highest BCUT2D eigenvalue weighted by atomic mass is 16.7. The van der Waals surface area contributed by atoms with Gasteiger partial charge in [-0.25, -0.2) is 4.79 Å². The van der Waals surface area contributed by atoms with E-state index in [-0.39, 0.29) is 38.6 Å². The third-order valence-corrected chi connectivity index (χ3v) is 11.8. The highest BCUT2D eigenvalue weighted by Crippen LogP contribution is 2.14. The smallest absolute Gasteiger partial charge is 0.361 e. The largest absolute Gasteiger partial charge is 0.477 e. The van der Waals surface area contributed by atoms with Gasteiger partial charge in [0.2, 0.25) is 0 Å². The number of likely N-dealkylation sites (N-methyl/N-ethyl adjacent to an activating group) is 1. The predicted octanol–water partition coefficient (Wildman–Crippen LogP) is 16.6. The second kappa shape index (κ2) is 52.5. The number of rotatable bonds is 51. The van der Waals surface area contributed by atoms with Crippen LogP contribution in [0.4, 0.5) is 0 Å². The standard InChI is InChI=1S/C62H105NO8/c1-6-8-10-12-14-16-18-20-22-24-26-28-29-30-31-33-34-36-38-40-42-44-46-48-50-52-59(64)69-56-58(57-70-62(61(66)67)68-55-54-63(3,4)5)71-60(65)53-51-49-47-45-43-41-39-37-35-32-27-25-23-21-19-17-15-13-11-9-7-2/h9,11,15,17-18,20-21,23-24,26-27,29-30,32,37,39,58,62H,6-8,10,12-14,16,19,22,25,28,31,33-36,38,40-57H2,1-5H3/p+1/b11-9-,17-15-,20-18-,23-21-,26-24-,30-29-,32-27-,39-37-. The SMILES string of the molecule is CC/C=C\C/C=C\C/C=C\C/C=C\C/C=C\CCCCCCCC(=O)OC(COC(=O)CCCCCCCCCCCC/C=C\C/C=C\C/C=C\CCCCCCC)COC(OCC[N+](C)(C)C)C(=O)O. The molecule has 71 heavy (non-hydrogen) atoms. The van der Waals surface area contributed by atoms with Crippen LogP contribution in [0, 0.1) is 0 Å². The number of aliphatic carboxylic acids is 1. The first kappa shape index (κ1) is 67.2. The van der Waals surface area contributed by atoms with E-state index in [1.807, 2.05) is 21.1 Å². The van der Waals surface area contributed by atoms with Crippen molar-refractivity contribution in [3.8, 4) is 0 Å². The summed E-state index contributed by atoms with van der Waals surface area (Å²) in [4.78, 5) is 37.4. The maximum atomic E-state index is 12.9. The number of carboxylic acids is 1.